The van der Waals surface area contributed by atoms with E-state index in [2.05, 4.69) is 113 Å². The van der Waals surface area contributed by atoms with E-state index in [0.29, 0.717) is 0 Å². The third kappa shape index (κ3) is 4.25. The van der Waals surface area contributed by atoms with Gasteiger partial charge in [-0.05, 0) is 74.2 Å². The summed E-state index contributed by atoms with van der Waals surface area (Å²) in [7, 11) is 4.10. The lowest BCUT2D eigenvalue weighted by atomic mass is 10.1. The monoisotopic (exact) mass is 371 g/mol. The van der Waals surface area contributed by atoms with Crippen LogP contribution >= 0.6 is 0 Å². The molecule has 1 N–H and O–H groups in total. The van der Waals surface area contributed by atoms with Gasteiger partial charge in [-0.3, -0.25) is 0 Å². The number of para-hydroxylation sites is 2. The van der Waals surface area contributed by atoms with E-state index >= 15 is 0 Å². The van der Waals surface area contributed by atoms with Crippen molar-refractivity contribution in [2.45, 2.75) is 27.7 Å². The molecule has 0 aliphatic carbocycles. The second-order valence-corrected chi connectivity index (χ2v) is 7.53. The van der Waals surface area contributed by atoms with Crippen LogP contribution in [0.4, 0.5) is 17.1 Å². The number of nitrogens with one attached hydrogen (secondary N) is 1. The summed E-state index contributed by atoms with van der Waals surface area (Å²) in [5, 5.41) is 3.62. The van der Waals surface area contributed by atoms with Crippen LogP contribution in [0, 0.1) is 27.7 Å². The molecule has 0 saturated carbocycles. The number of amidine groups is 1. The van der Waals surface area contributed by atoms with Gasteiger partial charge in [-0.25, -0.2) is 4.99 Å². The van der Waals surface area contributed by atoms with E-state index in [9.17, 15) is 0 Å². The smallest absolute Gasteiger partial charge is 0.138 e. The first-order valence-corrected chi connectivity index (χ1v) is 9.62. The average Bonchev–Trinajstić information content (AvgIpc) is 2.66. The van der Waals surface area contributed by atoms with Gasteiger partial charge in [0.1, 0.15) is 5.84 Å². The second-order valence-electron chi connectivity index (χ2n) is 7.53. The van der Waals surface area contributed by atoms with E-state index in [1.165, 1.54) is 27.9 Å². The lowest BCUT2D eigenvalue weighted by Crippen LogP contribution is -2.16. The summed E-state index contributed by atoms with van der Waals surface area (Å²) in [5.41, 5.74) is 9.13. The number of aliphatic imine (C=N–C) groups is 1. The van der Waals surface area contributed by atoms with Crippen LogP contribution in [0.15, 0.2) is 65.7 Å². The first-order valence-electron chi connectivity index (χ1n) is 9.62. The molecule has 3 heteroatoms. The van der Waals surface area contributed by atoms with Crippen molar-refractivity contribution in [1.29, 1.82) is 0 Å². The fourth-order valence-corrected chi connectivity index (χ4v) is 3.31. The highest BCUT2D eigenvalue weighted by Crippen LogP contribution is 2.27. The molecule has 0 bridgehead atoms. The molecule has 3 aromatic carbocycles. The minimum Gasteiger partial charge on any atom is -0.378 e. The Morgan fingerprint density at radius 1 is 0.714 bits per heavy atom. The molecule has 0 unspecified atom stereocenters. The lowest BCUT2D eigenvalue weighted by Gasteiger charge is -2.17. The maximum absolute atomic E-state index is 5.07. The molecule has 0 spiro atoms. The van der Waals surface area contributed by atoms with Crippen molar-refractivity contribution in [1.82, 2.24) is 0 Å². The molecule has 28 heavy (non-hydrogen) atoms. The predicted octanol–water partition coefficient (Wildman–Crippen LogP) is 6.18. The van der Waals surface area contributed by atoms with Crippen LogP contribution in [0.2, 0.25) is 0 Å². The molecule has 0 amide bonds. The maximum atomic E-state index is 5.07. The maximum Gasteiger partial charge on any atom is 0.138 e. The Morgan fingerprint density at radius 3 is 1.71 bits per heavy atom. The van der Waals surface area contributed by atoms with Crippen LogP contribution < -0.4 is 10.2 Å². The van der Waals surface area contributed by atoms with Gasteiger partial charge in [0.05, 0.1) is 5.69 Å². The molecule has 0 aliphatic heterocycles. The zero-order valence-electron chi connectivity index (χ0n) is 17.7. The molecule has 0 aliphatic rings. The number of nitrogens with zero attached hydrogens (tertiary/aromatic N) is 2. The fraction of sp³-hybridized carbons (Fsp3) is 0.240. The zero-order valence-corrected chi connectivity index (χ0v) is 17.7. The molecule has 144 valence electrons. The third-order valence-electron chi connectivity index (χ3n) is 5.04. The van der Waals surface area contributed by atoms with Crippen molar-refractivity contribution in [3.63, 3.8) is 0 Å². The molecule has 0 saturated heterocycles. The summed E-state index contributed by atoms with van der Waals surface area (Å²) >= 11 is 0. The summed E-state index contributed by atoms with van der Waals surface area (Å²) in [4.78, 5) is 7.17. The molecule has 0 atom stereocenters. The van der Waals surface area contributed by atoms with Crippen molar-refractivity contribution < 1.29 is 0 Å². The molecule has 0 radical (unpaired) electrons. The van der Waals surface area contributed by atoms with E-state index < -0.39 is 0 Å². The molecule has 0 aromatic heterocycles. The standard InChI is InChI=1S/C25H29N3/c1-17-9-7-10-18(2)23(17)26-25(21-13-15-22(16-14-21)28(5)6)27-24-19(3)11-8-12-20(24)4/h7-16H,1-6H3,(H,26,27). The Morgan fingerprint density at radius 2 is 1.21 bits per heavy atom. The zero-order chi connectivity index (χ0) is 20.3. The summed E-state index contributed by atoms with van der Waals surface area (Å²) in [6, 6.07) is 21.1. The van der Waals surface area contributed by atoms with Gasteiger partial charge in [0.15, 0.2) is 0 Å². The van der Waals surface area contributed by atoms with E-state index in [1.54, 1.807) is 0 Å². The van der Waals surface area contributed by atoms with Gasteiger partial charge in [-0.15, -0.1) is 0 Å². The minimum absolute atomic E-state index is 0.861. The van der Waals surface area contributed by atoms with Gasteiger partial charge >= 0.3 is 0 Å². The quantitative estimate of drug-likeness (QED) is 0.438. The first kappa shape index (κ1) is 19.7. The number of benzene rings is 3. The van der Waals surface area contributed by atoms with Crippen LogP contribution in [-0.2, 0) is 0 Å². The first-order chi connectivity index (χ1) is 13.4. The Hall–Kier alpha value is -3.07. The van der Waals surface area contributed by atoms with Gasteiger partial charge in [0.2, 0.25) is 0 Å². The van der Waals surface area contributed by atoms with E-state index in [0.717, 1.165) is 22.8 Å². The summed E-state index contributed by atoms with van der Waals surface area (Å²) in [6.07, 6.45) is 0. The van der Waals surface area contributed by atoms with Gasteiger partial charge in [-0.2, -0.15) is 0 Å². The fourth-order valence-electron chi connectivity index (χ4n) is 3.31. The Balaban J connectivity index is 2.12. The highest BCUT2D eigenvalue weighted by molar-refractivity contribution is 6.10. The van der Waals surface area contributed by atoms with Crippen LogP contribution in [-0.4, -0.2) is 19.9 Å². The number of anilines is 2. The highest BCUT2D eigenvalue weighted by Gasteiger charge is 2.11. The van der Waals surface area contributed by atoms with Crippen molar-refractivity contribution in [3.05, 3.63) is 88.5 Å². The van der Waals surface area contributed by atoms with E-state index in [4.69, 9.17) is 4.99 Å². The molecule has 3 rings (SSSR count). The normalized spacial score (nSPS) is 11.4. The molecular formula is C25H29N3. The van der Waals surface area contributed by atoms with Gasteiger partial charge < -0.3 is 10.2 Å². The Kier molecular flexibility index (Phi) is 5.84. The van der Waals surface area contributed by atoms with Crippen molar-refractivity contribution in [2.75, 3.05) is 24.3 Å². The Bertz CT molecular complexity index is 958. The molecule has 0 fully saturated rings. The largest absolute Gasteiger partial charge is 0.378 e. The predicted molar refractivity (Wildman–Crippen MR) is 122 cm³/mol. The van der Waals surface area contributed by atoms with Crippen LogP contribution in [0.3, 0.4) is 0 Å². The topological polar surface area (TPSA) is 27.6 Å². The van der Waals surface area contributed by atoms with Gasteiger partial charge in [0, 0.05) is 31.0 Å². The van der Waals surface area contributed by atoms with E-state index in [-0.39, 0.29) is 0 Å². The Labute approximate surface area is 168 Å². The molecule has 0 heterocycles. The van der Waals surface area contributed by atoms with Crippen molar-refractivity contribution >= 4 is 22.9 Å². The van der Waals surface area contributed by atoms with Crippen molar-refractivity contribution in [3.8, 4) is 0 Å². The summed E-state index contributed by atoms with van der Waals surface area (Å²) in [6.45, 7) is 8.47. The highest BCUT2D eigenvalue weighted by atomic mass is 15.1. The van der Waals surface area contributed by atoms with Gasteiger partial charge in [0.25, 0.3) is 0 Å². The number of aryl methyl sites for hydroxylation is 4. The molecule has 3 aromatic rings. The van der Waals surface area contributed by atoms with Crippen LogP contribution in [0.25, 0.3) is 0 Å². The van der Waals surface area contributed by atoms with E-state index in [1.807, 2.05) is 0 Å². The number of rotatable bonds is 4. The summed E-state index contributed by atoms with van der Waals surface area (Å²) in [5.74, 6) is 0.861. The third-order valence-corrected chi connectivity index (χ3v) is 5.04. The second kappa shape index (κ2) is 8.30. The number of hydrogen-bond donors (Lipinski definition) is 1. The minimum atomic E-state index is 0.861. The molecule has 3 nitrogen and oxygen atoms in total. The average molecular weight is 372 g/mol. The van der Waals surface area contributed by atoms with Gasteiger partial charge in [-0.1, -0.05) is 36.4 Å². The van der Waals surface area contributed by atoms with Crippen LogP contribution in [0.1, 0.15) is 27.8 Å². The summed E-state index contributed by atoms with van der Waals surface area (Å²) < 4.78 is 0. The number of hydrogen-bond acceptors (Lipinski definition) is 2. The van der Waals surface area contributed by atoms with Crippen LogP contribution in [0.5, 0.6) is 0 Å². The SMILES string of the molecule is Cc1cccc(C)c1N=C(Nc1c(C)cccc1C)c1ccc(N(C)C)cc1. The van der Waals surface area contributed by atoms with Crippen molar-refractivity contribution in [2.24, 2.45) is 4.99 Å². The molecular weight excluding hydrogens is 342 g/mol. The lowest BCUT2D eigenvalue weighted by molar-refractivity contribution is 1.13.